The summed E-state index contributed by atoms with van der Waals surface area (Å²) in [4.78, 5) is 63.2. The Morgan fingerprint density at radius 2 is 1.95 bits per heavy atom. The van der Waals surface area contributed by atoms with Gasteiger partial charge in [-0.25, -0.2) is 14.3 Å². The fourth-order valence-corrected chi connectivity index (χ4v) is 6.53. The van der Waals surface area contributed by atoms with Gasteiger partial charge in [0.25, 0.3) is 11.8 Å². The largest absolute Gasteiger partial charge is 0.479 e. The lowest BCUT2D eigenvalue weighted by molar-refractivity contribution is -0.151. The highest BCUT2D eigenvalue weighted by Crippen LogP contribution is 2.41. The predicted octanol–water partition coefficient (Wildman–Crippen LogP) is -1.25. The average Bonchev–Trinajstić information content (AvgIpc) is 3.64. The highest BCUT2D eigenvalue weighted by Gasteiger charge is 2.55. The van der Waals surface area contributed by atoms with Crippen molar-refractivity contribution in [1.29, 1.82) is 0 Å². The monoisotopic (exact) mass is 575 g/mol. The molecule has 3 aliphatic heterocycles. The summed E-state index contributed by atoms with van der Waals surface area (Å²) in [6, 6.07) is 5.95. The van der Waals surface area contributed by atoms with E-state index in [0.717, 1.165) is 4.90 Å². The van der Waals surface area contributed by atoms with E-state index in [1.54, 1.807) is 37.4 Å². The first kappa shape index (κ1) is 26.6. The third-order valence-corrected chi connectivity index (χ3v) is 8.62. The minimum atomic E-state index is -1.29. The lowest BCUT2D eigenvalue weighted by Crippen LogP contribution is -2.71. The molecule has 1 aromatic heterocycles. The summed E-state index contributed by atoms with van der Waals surface area (Å²) in [6.07, 6.45) is -2.52. The Labute approximate surface area is 228 Å². The van der Waals surface area contributed by atoms with Gasteiger partial charge in [-0.2, -0.15) is 0 Å². The first-order valence-corrected chi connectivity index (χ1v) is 13.5. The number of carbonyl (C=O) groups is 5. The topological polar surface area (TPSA) is 209 Å². The molecule has 2 saturated heterocycles. The van der Waals surface area contributed by atoms with Gasteiger partial charge in [0, 0.05) is 18.6 Å². The third kappa shape index (κ3) is 5.19. The maximum atomic E-state index is 13.3. The second-order valence-corrected chi connectivity index (χ2v) is 10.7. The summed E-state index contributed by atoms with van der Waals surface area (Å²) in [5.41, 5.74) is 0.775. The first-order chi connectivity index (χ1) is 18.7. The quantitative estimate of drug-likeness (QED) is 0.148. The molecule has 0 radical (unpaired) electrons. The Hall–Kier alpha value is -3.96. The Balaban J connectivity index is 1.29. The standard InChI is InChI=1S/C22H21N7O8S2/c1-28-22(25-26-27-28)39-8-10-7-38-19-12(18(32)29(19)13(10)20(33)34)24-16(30)11(9-5-3-2-4-6-9)23-17(31)14-15(37-14)21(35)36/h2-6,11-12,14-15,19H,7-8H2,1H3,(H,23,31)(H,24,30)(H,33,34)(H,35,36)/t11?,12-,14?,15?,19-/m1/s1. The number of rotatable bonds is 10. The number of nitrogens with one attached hydrogen (secondary N) is 2. The van der Waals surface area contributed by atoms with Crippen molar-refractivity contribution in [1.82, 2.24) is 35.7 Å². The van der Waals surface area contributed by atoms with E-state index >= 15 is 0 Å². The number of ether oxygens (including phenoxy) is 1. The van der Waals surface area contributed by atoms with Gasteiger partial charge in [-0.3, -0.25) is 19.3 Å². The molecular formula is C22H21N7O8S2. The normalized spacial score (nSPS) is 24.3. The summed E-state index contributed by atoms with van der Waals surface area (Å²) in [7, 11) is 1.65. The van der Waals surface area contributed by atoms with Crippen LogP contribution in [-0.4, -0.2) is 100 Å². The number of carboxylic acids is 2. The summed E-state index contributed by atoms with van der Waals surface area (Å²) in [5, 5.41) is 35.0. The van der Waals surface area contributed by atoms with Crippen molar-refractivity contribution < 1.29 is 38.9 Å². The number of aliphatic carboxylic acids is 2. The molecule has 5 atom stereocenters. The number of thioether (sulfide) groups is 2. The van der Waals surface area contributed by atoms with Crippen molar-refractivity contribution in [2.75, 3.05) is 11.5 Å². The van der Waals surface area contributed by atoms with E-state index in [1.807, 2.05) is 0 Å². The number of hydrogen-bond donors (Lipinski definition) is 4. The molecule has 2 fully saturated rings. The van der Waals surface area contributed by atoms with Crippen LogP contribution in [0.1, 0.15) is 11.6 Å². The van der Waals surface area contributed by atoms with Crippen molar-refractivity contribution in [3.8, 4) is 0 Å². The Kier molecular flexibility index (Phi) is 7.28. The molecule has 204 valence electrons. The zero-order chi connectivity index (χ0) is 27.8. The second kappa shape index (κ2) is 10.7. The summed E-state index contributed by atoms with van der Waals surface area (Å²) >= 11 is 2.54. The van der Waals surface area contributed by atoms with E-state index in [4.69, 9.17) is 9.84 Å². The summed E-state index contributed by atoms with van der Waals surface area (Å²) < 4.78 is 6.32. The number of hydrogen-bond acceptors (Lipinski definition) is 11. The maximum absolute atomic E-state index is 13.3. The molecule has 0 saturated carbocycles. The highest BCUT2D eigenvalue weighted by molar-refractivity contribution is 8.01. The van der Waals surface area contributed by atoms with Gasteiger partial charge in [-0.1, -0.05) is 42.1 Å². The number of aryl methyl sites for hydroxylation is 1. The van der Waals surface area contributed by atoms with Crippen LogP contribution in [0, 0.1) is 0 Å². The molecule has 2 aromatic rings. The maximum Gasteiger partial charge on any atom is 0.352 e. The molecule has 3 aliphatic rings. The van der Waals surface area contributed by atoms with Gasteiger partial charge in [-0.05, 0) is 21.6 Å². The number of β-lactam (4-membered cyclic amide) rings is 1. The molecule has 0 aliphatic carbocycles. The summed E-state index contributed by atoms with van der Waals surface area (Å²) in [6.45, 7) is 0. The molecule has 17 heteroatoms. The van der Waals surface area contributed by atoms with Gasteiger partial charge < -0.3 is 25.6 Å². The van der Waals surface area contributed by atoms with Gasteiger partial charge in [0.1, 0.15) is 23.2 Å². The number of epoxide rings is 1. The third-order valence-electron chi connectivity index (χ3n) is 6.18. The number of benzene rings is 1. The zero-order valence-electron chi connectivity index (χ0n) is 20.1. The van der Waals surface area contributed by atoms with Crippen LogP contribution in [0.25, 0.3) is 0 Å². The Morgan fingerprint density at radius 1 is 1.21 bits per heavy atom. The minimum Gasteiger partial charge on any atom is -0.479 e. The van der Waals surface area contributed by atoms with Crippen molar-refractivity contribution in [2.45, 2.75) is 34.8 Å². The van der Waals surface area contributed by atoms with Crippen molar-refractivity contribution in [2.24, 2.45) is 7.05 Å². The van der Waals surface area contributed by atoms with Crippen LogP contribution in [0.15, 0.2) is 46.8 Å². The molecule has 4 heterocycles. The zero-order valence-corrected chi connectivity index (χ0v) is 21.7. The Morgan fingerprint density at radius 3 is 2.56 bits per heavy atom. The van der Waals surface area contributed by atoms with Gasteiger partial charge >= 0.3 is 11.9 Å². The Bertz CT molecular complexity index is 1380. The van der Waals surface area contributed by atoms with Crippen LogP contribution in [0.2, 0.25) is 0 Å². The van der Waals surface area contributed by atoms with Crippen LogP contribution in [0.5, 0.6) is 0 Å². The number of fused-ring (bicyclic) bond motifs is 1. The van der Waals surface area contributed by atoms with Gasteiger partial charge in [-0.15, -0.1) is 16.9 Å². The number of nitrogens with zero attached hydrogens (tertiary/aromatic N) is 5. The molecule has 0 bridgehead atoms. The first-order valence-electron chi connectivity index (χ1n) is 11.5. The molecule has 15 nitrogen and oxygen atoms in total. The molecule has 1 aromatic carbocycles. The van der Waals surface area contributed by atoms with Gasteiger partial charge in [0.2, 0.25) is 11.1 Å². The molecular weight excluding hydrogens is 554 g/mol. The molecule has 3 unspecified atom stereocenters. The van der Waals surface area contributed by atoms with Crippen LogP contribution in [-0.2, 0) is 35.8 Å². The number of carboxylic acid groups (broad SMARTS) is 2. The number of tetrazole rings is 1. The molecule has 39 heavy (non-hydrogen) atoms. The van der Waals surface area contributed by atoms with E-state index in [-0.39, 0.29) is 11.4 Å². The minimum absolute atomic E-state index is 0.143. The van der Waals surface area contributed by atoms with Gasteiger partial charge in [0.05, 0.1) is 0 Å². The molecule has 0 spiro atoms. The number of amides is 3. The van der Waals surface area contributed by atoms with Crippen LogP contribution in [0.4, 0.5) is 0 Å². The van der Waals surface area contributed by atoms with E-state index in [0.29, 0.717) is 22.0 Å². The molecule has 5 rings (SSSR count). The average molecular weight is 576 g/mol. The van der Waals surface area contributed by atoms with E-state index in [1.165, 1.54) is 28.2 Å². The smallest absolute Gasteiger partial charge is 0.352 e. The molecule has 4 N–H and O–H groups in total. The molecule has 3 amide bonds. The van der Waals surface area contributed by atoms with E-state index in [2.05, 4.69) is 26.2 Å². The second-order valence-electron chi connectivity index (χ2n) is 8.69. The predicted molar refractivity (Wildman–Crippen MR) is 133 cm³/mol. The van der Waals surface area contributed by atoms with Crippen molar-refractivity contribution in [3.63, 3.8) is 0 Å². The van der Waals surface area contributed by atoms with E-state index in [9.17, 15) is 29.1 Å². The summed E-state index contributed by atoms with van der Waals surface area (Å²) in [5.74, 6) is -4.10. The number of carbonyl (C=O) groups excluding carboxylic acids is 3. The van der Waals surface area contributed by atoms with Gasteiger partial charge in [0.15, 0.2) is 12.2 Å². The van der Waals surface area contributed by atoms with Crippen LogP contribution < -0.4 is 10.6 Å². The van der Waals surface area contributed by atoms with E-state index < -0.39 is 59.3 Å². The fraction of sp³-hybridized carbons (Fsp3) is 0.364. The van der Waals surface area contributed by atoms with Crippen molar-refractivity contribution in [3.05, 3.63) is 47.2 Å². The number of aromatic nitrogens is 4. The SMILES string of the molecule is Cn1nnnc1SCC1=C(C(=O)O)N2C(=O)[C@@H](NC(=O)C(NC(=O)C3OC3C(=O)O)c3ccccc3)[C@H]2SC1. The van der Waals surface area contributed by atoms with Crippen LogP contribution in [0.3, 0.4) is 0 Å². The van der Waals surface area contributed by atoms with Crippen LogP contribution >= 0.6 is 23.5 Å². The van der Waals surface area contributed by atoms with Crippen molar-refractivity contribution >= 4 is 53.2 Å². The lowest BCUT2D eigenvalue weighted by Gasteiger charge is -2.49. The fourth-order valence-electron chi connectivity index (χ4n) is 4.20. The lowest BCUT2D eigenvalue weighted by atomic mass is 10.0. The highest BCUT2D eigenvalue weighted by atomic mass is 32.2.